The van der Waals surface area contributed by atoms with E-state index in [9.17, 15) is 4.79 Å². The number of nitrogens with one attached hydrogen (secondary N) is 1. The summed E-state index contributed by atoms with van der Waals surface area (Å²) in [6.45, 7) is 1.94. The minimum atomic E-state index is -0.133. The van der Waals surface area contributed by atoms with Gasteiger partial charge in [0.1, 0.15) is 0 Å². The highest BCUT2D eigenvalue weighted by Gasteiger charge is 2.12. The Bertz CT molecular complexity index is 854. The molecule has 0 spiro atoms. The van der Waals surface area contributed by atoms with E-state index in [4.69, 9.17) is 4.42 Å². The number of rotatable bonds is 5. The lowest BCUT2D eigenvalue weighted by Gasteiger charge is -2.07. The minimum absolute atomic E-state index is 0.133. The number of aromatic nitrogens is 3. The molecule has 0 aliphatic rings. The van der Waals surface area contributed by atoms with Crippen LogP contribution in [-0.2, 0) is 4.79 Å². The predicted octanol–water partition coefficient (Wildman–Crippen LogP) is 3.93. The molecule has 0 aliphatic heterocycles. The van der Waals surface area contributed by atoms with Crippen molar-refractivity contribution in [2.45, 2.75) is 12.1 Å². The van der Waals surface area contributed by atoms with Crippen LogP contribution in [0.15, 0.2) is 56.8 Å². The molecule has 6 nitrogen and oxygen atoms in total. The number of carbonyl (C=O) groups excluding carboxylic acids is 1. The van der Waals surface area contributed by atoms with Crippen molar-refractivity contribution in [2.75, 3.05) is 11.1 Å². The van der Waals surface area contributed by atoms with Crippen LogP contribution in [0.2, 0.25) is 0 Å². The predicted molar refractivity (Wildman–Crippen MR) is 95.8 cm³/mol. The number of amides is 1. The first kappa shape index (κ1) is 16.7. The first-order chi connectivity index (χ1) is 11.6. The number of carbonyl (C=O) groups is 1. The number of pyridine rings is 1. The van der Waals surface area contributed by atoms with E-state index in [-0.39, 0.29) is 11.7 Å². The monoisotopic (exact) mass is 404 g/mol. The Hall–Kier alpha value is -2.19. The van der Waals surface area contributed by atoms with Gasteiger partial charge < -0.3 is 9.73 Å². The number of anilines is 1. The zero-order valence-electron chi connectivity index (χ0n) is 12.7. The van der Waals surface area contributed by atoms with Gasteiger partial charge in [0.15, 0.2) is 0 Å². The van der Waals surface area contributed by atoms with E-state index >= 15 is 0 Å². The zero-order chi connectivity index (χ0) is 16.9. The van der Waals surface area contributed by atoms with E-state index in [1.165, 1.54) is 11.8 Å². The third kappa shape index (κ3) is 4.21. The molecule has 0 radical (unpaired) electrons. The maximum atomic E-state index is 12.1. The molecule has 0 saturated carbocycles. The fourth-order valence-corrected chi connectivity index (χ4v) is 2.99. The van der Waals surface area contributed by atoms with Crippen LogP contribution in [0.1, 0.15) is 5.56 Å². The molecule has 3 aromatic rings. The van der Waals surface area contributed by atoms with E-state index in [0.29, 0.717) is 11.1 Å². The van der Waals surface area contributed by atoms with Crippen molar-refractivity contribution in [1.29, 1.82) is 0 Å². The van der Waals surface area contributed by atoms with Crippen LogP contribution in [0.25, 0.3) is 11.5 Å². The van der Waals surface area contributed by atoms with Crippen molar-refractivity contribution in [1.82, 2.24) is 15.2 Å². The highest BCUT2D eigenvalue weighted by atomic mass is 79.9. The molecule has 1 aromatic carbocycles. The van der Waals surface area contributed by atoms with Gasteiger partial charge in [-0.05, 0) is 42.8 Å². The lowest BCUT2D eigenvalue weighted by atomic mass is 10.2. The second-order valence-corrected chi connectivity index (χ2v) is 6.75. The quantitative estimate of drug-likeness (QED) is 0.648. The van der Waals surface area contributed by atoms with E-state index in [1.54, 1.807) is 18.5 Å². The summed E-state index contributed by atoms with van der Waals surface area (Å²) in [4.78, 5) is 16.1. The number of hydrogen-bond acceptors (Lipinski definition) is 6. The van der Waals surface area contributed by atoms with Gasteiger partial charge >= 0.3 is 0 Å². The molecular weight excluding hydrogens is 392 g/mol. The summed E-state index contributed by atoms with van der Waals surface area (Å²) in [5, 5.41) is 11.1. The Morgan fingerprint density at radius 3 is 2.96 bits per heavy atom. The van der Waals surface area contributed by atoms with Crippen LogP contribution in [0.5, 0.6) is 0 Å². The molecule has 0 fully saturated rings. The van der Waals surface area contributed by atoms with Gasteiger partial charge in [0.2, 0.25) is 11.8 Å². The topological polar surface area (TPSA) is 80.9 Å². The average molecular weight is 405 g/mol. The van der Waals surface area contributed by atoms with E-state index in [2.05, 4.69) is 36.4 Å². The van der Waals surface area contributed by atoms with Gasteiger partial charge in [-0.2, -0.15) is 0 Å². The van der Waals surface area contributed by atoms with Gasteiger partial charge in [0, 0.05) is 22.6 Å². The molecule has 0 bridgehead atoms. The molecule has 3 rings (SSSR count). The Labute approximate surface area is 151 Å². The van der Waals surface area contributed by atoms with Crippen LogP contribution in [0.4, 0.5) is 5.69 Å². The summed E-state index contributed by atoms with van der Waals surface area (Å²) in [7, 11) is 0. The number of hydrogen-bond donors (Lipinski definition) is 1. The first-order valence-electron chi connectivity index (χ1n) is 7.04. The molecule has 0 aliphatic carbocycles. The Morgan fingerprint density at radius 1 is 1.33 bits per heavy atom. The van der Waals surface area contributed by atoms with Gasteiger partial charge in [0.25, 0.3) is 5.22 Å². The summed E-state index contributed by atoms with van der Waals surface area (Å²) < 4.78 is 6.50. The number of nitrogens with zero attached hydrogens (tertiary/aromatic N) is 3. The normalized spacial score (nSPS) is 10.6. The Balaban J connectivity index is 1.58. The fraction of sp³-hybridized carbons (Fsp3) is 0.125. The molecule has 2 heterocycles. The van der Waals surface area contributed by atoms with E-state index in [0.717, 1.165) is 21.3 Å². The smallest absolute Gasteiger partial charge is 0.277 e. The molecule has 24 heavy (non-hydrogen) atoms. The fourth-order valence-electron chi connectivity index (χ4n) is 1.95. The summed E-state index contributed by atoms with van der Waals surface area (Å²) in [5.74, 6) is 0.436. The Kier molecular flexibility index (Phi) is 5.27. The van der Waals surface area contributed by atoms with Crippen molar-refractivity contribution in [3.05, 3.63) is 52.8 Å². The van der Waals surface area contributed by atoms with Gasteiger partial charge in [0.05, 0.1) is 11.3 Å². The largest absolute Gasteiger partial charge is 0.411 e. The number of benzene rings is 1. The van der Waals surface area contributed by atoms with Crippen molar-refractivity contribution >= 4 is 39.3 Å². The standard InChI is InChI=1S/C16H13BrN4O2S/c1-10-7-12(17)4-5-13(10)19-14(22)9-24-16-21-20-15(23-16)11-3-2-6-18-8-11/h2-8H,9H2,1H3,(H,19,22). The van der Waals surface area contributed by atoms with Gasteiger partial charge in [-0.15, -0.1) is 10.2 Å². The molecule has 0 saturated heterocycles. The molecule has 2 aromatic heterocycles. The minimum Gasteiger partial charge on any atom is -0.411 e. The van der Waals surface area contributed by atoms with E-state index < -0.39 is 0 Å². The summed E-state index contributed by atoms with van der Waals surface area (Å²) >= 11 is 4.59. The number of halogens is 1. The number of thioether (sulfide) groups is 1. The summed E-state index contributed by atoms with van der Waals surface area (Å²) in [5.41, 5.74) is 2.51. The van der Waals surface area contributed by atoms with Crippen LogP contribution in [0, 0.1) is 6.92 Å². The van der Waals surface area contributed by atoms with E-state index in [1.807, 2.05) is 31.2 Å². The summed E-state index contributed by atoms with van der Waals surface area (Å²) in [6, 6.07) is 9.31. The summed E-state index contributed by atoms with van der Waals surface area (Å²) in [6.07, 6.45) is 3.31. The zero-order valence-corrected chi connectivity index (χ0v) is 15.1. The molecule has 1 N–H and O–H groups in total. The second-order valence-electron chi connectivity index (χ2n) is 4.91. The molecule has 0 unspecified atom stereocenters. The van der Waals surface area contributed by atoms with Crippen LogP contribution >= 0.6 is 27.7 Å². The molecular formula is C16H13BrN4O2S. The molecule has 122 valence electrons. The maximum Gasteiger partial charge on any atom is 0.277 e. The molecule has 8 heteroatoms. The average Bonchev–Trinajstić information content (AvgIpc) is 3.05. The lowest BCUT2D eigenvalue weighted by Crippen LogP contribution is -2.14. The third-order valence-electron chi connectivity index (χ3n) is 3.10. The SMILES string of the molecule is Cc1cc(Br)ccc1NC(=O)CSc1nnc(-c2cccnc2)o1. The Morgan fingerprint density at radius 2 is 2.21 bits per heavy atom. The van der Waals surface area contributed by atoms with Crippen molar-refractivity contribution in [3.8, 4) is 11.5 Å². The van der Waals surface area contributed by atoms with Gasteiger partial charge in [-0.25, -0.2) is 0 Å². The van der Waals surface area contributed by atoms with Crippen molar-refractivity contribution in [3.63, 3.8) is 0 Å². The first-order valence-corrected chi connectivity index (χ1v) is 8.82. The third-order valence-corrected chi connectivity index (χ3v) is 4.42. The van der Waals surface area contributed by atoms with Crippen LogP contribution in [-0.4, -0.2) is 26.8 Å². The van der Waals surface area contributed by atoms with Crippen LogP contribution < -0.4 is 5.32 Å². The van der Waals surface area contributed by atoms with Crippen molar-refractivity contribution in [2.24, 2.45) is 0 Å². The molecule has 0 atom stereocenters. The highest BCUT2D eigenvalue weighted by molar-refractivity contribution is 9.10. The van der Waals surface area contributed by atoms with Gasteiger partial charge in [-0.1, -0.05) is 27.7 Å². The van der Waals surface area contributed by atoms with Crippen molar-refractivity contribution < 1.29 is 9.21 Å². The lowest BCUT2D eigenvalue weighted by molar-refractivity contribution is -0.113. The number of aryl methyl sites for hydroxylation is 1. The highest BCUT2D eigenvalue weighted by Crippen LogP contribution is 2.23. The molecule has 1 amide bonds. The van der Waals surface area contributed by atoms with Crippen LogP contribution in [0.3, 0.4) is 0 Å². The maximum absolute atomic E-state index is 12.1. The second kappa shape index (κ2) is 7.59. The van der Waals surface area contributed by atoms with Gasteiger partial charge in [-0.3, -0.25) is 9.78 Å².